The maximum absolute atomic E-state index is 9.02. The van der Waals surface area contributed by atoms with Gasteiger partial charge in [0.1, 0.15) is 5.75 Å². The minimum atomic E-state index is -0.286. The van der Waals surface area contributed by atoms with E-state index in [0.717, 1.165) is 30.8 Å². The second-order valence-corrected chi connectivity index (χ2v) is 3.57. The van der Waals surface area contributed by atoms with Gasteiger partial charge in [-0.25, -0.2) is 0 Å². The number of ether oxygens (including phenoxy) is 1. The van der Waals surface area contributed by atoms with Crippen LogP contribution >= 0.6 is 0 Å². The van der Waals surface area contributed by atoms with Crippen molar-refractivity contribution in [2.45, 2.75) is 18.9 Å². The maximum Gasteiger partial charge on any atom is 0.122 e. The minimum Gasteiger partial charge on any atom is -0.493 e. The first-order valence-electron chi connectivity index (χ1n) is 4.94. The first-order chi connectivity index (χ1) is 6.83. The molecule has 0 aliphatic carbocycles. The number of aliphatic hydroxyl groups is 1. The van der Waals surface area contributed by atoms with Gasteiger partial charge in [-0.3, -0.25) is 0 Å². The first kappa shape index (κ1) is 9.49. The standard InChI is InChI=1S/C11H15NO2/c12-10(7-13)8-3-1-5-11-9(8)4-2-6-14-11/h1,3,5,10,13H,2,4,6-7,12H2/t10-/m0/s1. The molecule has 0 saturated carbocycles. The molecule has 1 aliphatic rings. The minimum absolute atomic E-state index is 0.0174. The van der Waals surface area contributed by atoms with Crippen LogP contribution < -0.4 is 10.5 Å². The molecule has 3 heteroatoms. The van der Waals surface area contributed by atoms with Crippen LogP contribution in [0.5, 0.6) is 5.75 Å². The molecule has 14 heavy (non-hydrogen) atoms. The van der Waals surface area contributed by atoms with E-state index in [9.17, 15) is 0 Å². The van der Waals surface area contributed by atoms with Crippen molar-refractivity contribution in [1.29, 1.82) is 0 Å². The molecule has 0 radical (unpaired) electrons. The van der Waals surface area contributed by atoms with E-state index in [2.05, 4.69) is 0 Å². The molecule has 1 atom stereocenters. The fraction of sp³-hybridized carbons (Fsp3) is 0.455. The number of hydrogen-bond donors (Lipinski definition) is 2. The molecule has 0 amide bonds. The van der Waals surface area contributed by atoms with Crippen LogP contribution in [0.1, 0.15) is 23.6 Å². The van der Waals surface area contributed by atoms with E-state index in [4.69, 9.17) is 15.6 Å². The van der Waals surface area contributed by atoms with Crippen molar-refractivity contribution in [2.24, 2.45) is 5.73 Å². The molecule has 1 aliphatic heterocycles. The fourth-order valence-corrected chi connectivity index (χ4v) is 1.86. The molecular formula is C11H15NO2. The van der Waals surface area contributed by atoms with Crippen molar-refractivity contribution in [3.63, 3.8) is 0 Å². The van der Waals surface area contributed by atoms with E-state index in [1.54, 1.807) is 0 Å². The van der Waals surface area contributed by atoms with Crippen LogP contribution in [0.15, 0.2) is 18.2 Å². The molecule has 76 valence electrons. The van der Waals surface area contributed by atoms with Crippen molar-refractivity contribution in [3.8, 4) is 5.75 Å². The molecule has 0 aromatic heterocycles. The van der Waals surface area contributed by atoms with Gasteiger partial charge in [-0.1, -0.05) is 12.1 Å². The molecule has 1 aromatic carbocycles. The summed E-state index contributed by atoms with van der Waals surface area (Å²) in [5, 5.41) is 9.02. The monoisotopic (exact) mass is 193 g/mol. The number of rotatable bonds is 2. The summed E-state index contributed by atoms with van der Waals surface area (Å²) in [6.45, 7) is 0.765. The molecule has 0 unspecified atom stereocenters. The van der Waals surface area contributed by atoms with E-state index in [1.165, 1.54) is 5.56 Å². The van der Waals surface area contributed by atoms with E-state index < -0.39 is 0 Å². The Morgan fingerprint density at radius 2 is 2.36 bits per heavy atom. The van der Waals surface area contributed by atoms with Gasteiger partial charge >= 0.3 is 0 Å². The van der Waals surface area contributed by atoms with E-state index >= 15 is 0 Å². The summed E-state index contributed by atoms with van der Waals surface area (Å²) in [5.74, 6) is 0.928. The highest BCUT2D eigenvalue weighted by molar-refractivity contribution is 5.43. The normalized spacial score (nSPS) is 17.0. The van der Waals surface area contributed by atoms with Gasteiger partial charge in [-0.05, 0) is 30.0 Å². The van der Waals surface area contributed by atoms with Gasteiger partial charge in [0.25, 0.3) is 0 Å². The zero-order valence-corrected chi connectivity index (χ0v) is 8.07. The molecule has 0 saturated heterocycles. The highest BCUT2D eigenvalue weighted by Crippen LogP contribution is 2.30. The third-order valence-electron chi connectivity index (χ3n) is 2.59. The van der Waals surface area contributed by atoms with Crippen LogP contribution in [-0.4, -0.2) is 18.3 Å². The Bertz CT molecular complexity index is 325. The summed E-state index contributed by atoms with van der Waals surface area (Å²) in [6, 6.07) is 5.57. The van der Waals surface area contributed by atoms with Crippen molar-refractivity contribution >= 4 is 0 Å². The Labute approximate surface area is 83.5 Å². The Hall–Kier alpha value is -1.06. The zero-order valence-electron chi connectivity index (χ0n) is 8.07. The average Bonchev–Trinajstić information content (AvgIpc) is 2.27. The van der Waals surface area contributed by atoms with Crippen LogP contribution in [0.4, 0.5) is 0 Å². The topological polar surface area (TPSA) is 55.5 Å². The Morgan fingerprint density at radius 3 is 3.14 bits per heavy atom. The van der Waals surface area contributed by atoms with Crippen LogP contribution in [-0.2, 0) is 6.42 Å². The quantitative estimate of drug-likeness (QED) is 0.736. The molecular weight excluding hydrogens is 178 g/mol. The molecule has 0 spiro atoms. The Balaban J connectivity index is 2.39. The average molecular weight is 193 g/mol. The Morgan fingerprint density at radius 1 is 1.50 bits per heavy atom. The van der Waals surface area contributed by atoms with Gasteiger partial charge in [-0.15, -0.1) is 0 Å². The van der Waals surface area contributed by atoms with Gasteiger partial charge in [-0.2, -0.15) is 0 Å². The lowest BCUT2D eigenvalue weighted by atomic mass is 9.96. The number of hydrogen-bond acceptors (Lipinski definition) is 3. The summed E-state index contributed by atoms with van der Waals surface area (Å²) in [7, 11) is 0. The van der Waals surface area contributed by atoms with Crippen LogP contribution in [0.25, 0.3) is 0 Å². The smallest absolute Gasteiger partial charge is 0.122 e. The molecule has 1 heterocycles. The first-order valence-corrected chi connectivity index (χ1v) is 4.94. The second kappa shape index (κ2) is 3.98. The van der Waals surface area contributed by atoms with Crippen LogP contribution in [0.2, 0.25) is 0 Å². The zero-order chi connectivity index (χ0) is 9.97. The number of fused-ring (bicyclic) bond motifs is 1. The third-order valence-corrected chi connectivity index (χ3v) is 2.59. The predicted molar refractivity (Wildman–Crippen MR) is 54.3 cm³/mol. The SMILES string of the molecule is N[C@@H](CO)c1cccc2c1CCCO2. The molecule has 0 bridgehead atoms. The van der Waals surface area contributed by atoms with Gasteiger partial charge in [0, 0.05) is 0 Å². The summed E-state index contributed by atoms with van der Waals surface area (Å²) in [6.07, 6.45) is 2.03. The molecule has 3 nitrogen and oxygen atoms in total. The largest absolute Gasteiger partial charge is 0.493 e. The van der Waals surface area contributed by atoms with Gasteiger partial charge in [0.2, 0.25) is 0 Å². The number of aliphatic hydroxyl groups excluding tert-OH is 1. The van der Waals surface area contributed by atoms with Gasteiger partial charge < -0.3 is 15.6 Å². The van der Waals surface area contributed by atoms with Gasteiger partial charge in [0.05, 0.1) is 19.3 Å². The maximum atomic E-state index is 9.02. The molecule has 2 rings (SSSR count). The van der Waals surface area contributed by atoms with Crippen LogP contribution in [0, 0.1) is 0 Å². The number of nitrogens with two attached hydrogens (primary N) is 1. The summed E-state index contributed by atoms with van der Waals surface area (Å²) >= 11 is 0. The molecule has 0 fully saturated rings. The van der Waals surface area contributed by atoms with Crippen molar-refractivity contribution < 1.29 is 9.84 Å². The van der Waals surface area contributed by atoms with Gasteiger partial charge in [0.15, 0.2) is 0 Å². The van der Waals surface area contributed by atoms with Crippen molar-refractivity contribution in [1.82, 2.24) is 0 Å². The van der Waals surface area contributed by atoms with E-state index in [-0.39, 0.29) is 12.6 Å². The lowest BCUT2D eigenvalue weighted by molar-refractivity contribution is 0.262. The summed E-state index contributed by atoms with van der Waals surface area (Å²) in [4.78, 5) is 0. The van der Waals surface area contributed by atoms with Crippen LogP contribution in [0.3, 0.4) is 0 Å². The summed E-state index contributed by atoms with van der Waals surface area (Å²) < 4.78 is 5.52. The highest BCUT2D eigenvalue weighted by atomic mass is 16.5. The van der Waals surface area contributed by atoms with E-state index in [0.29, 0.717) is 0 Å². The lowest BCUT2D eigenvalue weighted by Gasteiger charge is -2.22. The highest BCUT2D eigenvalue weighted by Gasteiger charge is 2.17. The Kier molecular flexibility index (Phi) is 2.70. The predicted octanol–water partition coefficient (Wildman–Crippen LogP) is 1.00. The fourth-order valence-electron chi connectivity index (χ4n) is 1.86. The second-order valence-electron chi connectivity index (χ2n) is 3.57. The molecule has 1 aromatic rings. The molecule has 3 N–H and O–H groups in total. The lowest BCUT2D eigenvalue weighted by Crippen LogP contribution is -2.19. The third kappa shape index (κ3) is 1.61. The van der Waals surface area contributed by atoms with Crippen molar-refractivity contribution in [3.05, 3.63) is 29.3 Å². The van der Waals surface area contributed by atoms with E-state index in [1.807, 2.05) is 18.2 Å². The van der Waals surface area contributed by atoms with Crippen molar-refractivity contribution in [2.75, 3.05) is 13.2 Å². The number of benzene rings is 1. The summed E-state index contributed by atoms with van der Waals surface area (Å²) in [5.41, 5.74) is 8.00.